The summed E-state index contributed by atoms with van der Waals surface area (Å²) in [4.78, 5) is 2.31. The molecule has 1 saturated heterocycles. The van der Waals surface area contributed by atoms with Gasteiger partial charge in [-0.3, -0.25) is 0 Å². The van der Waals surface area contributed by atoms with Crippen molar-refractivity contribution in [2.75, 3.05) is 19.3 Å². The van der Waals surface area contributed by atoms with E-state index in [0.717, 1.165) is 17.4 Å². The van der Waals surface area contributed by atoms with E-state index in [-0.39, 0.29) is 0 Å². The molecule has 2 rings (SSSR count). The molecule has 1 atom stereocenters. The number of thioether (sulfide) groups is 1. The van der Waals surface area contributed by atoms with Gasteiger partial charge >= 0.3 is 0 Å². The molecule has 0 spiro atoms. The molecule has 0 amide bonds. The maximum Gasteiger partial charge on any atom is 0.169 e. The molecular formula is C15H22N2S2. The SMILES string of the molecule is CCCCc1ccccc1C1SCCN1C(=S)NC. The standard InChI is InChI=1S/C15H22N2S2/c1-3-4-7-12-8-5-6-9-13(12)14-17(10-11-19-14)15(18)16-2/h5-6,8-9,14H,3-4,7,10-11H2,1-2H3,(H,16,18). The monoisotopic (exact) mass is 294 g/mol. The summed E-state index contributed by atoms with van der Waals surface area (Å²) < 4.78 is 0. The summed E-state index contributed by atoms with van der Waals surface area (Å²) in [5.41, 5.74) is 2.92. The molecule has 1 aromatic carbocycles. The van der Waals surface area contributed by atoms with E-state index in [4.69, 9.17) is 12.2 Å². The molecule has 0 radical (unpaired) electrons. The largest absolute Gasteiger partial charge is 0.366 e. The van der Waals surface area contributed by atoms with Crippen molar-refractivity contribution in [1.29, 1.82) is 0 Å². The second-order valence-electron chi connectivity index (χ2n) is 4.77. The number of benzene rings is 1. The predicted octanol–water partition coefficient (Wildman–Crippen LogP) is 3.58. The van der Waals surface area contributed by atoms with Crippen LogP contribution in [0.25, 0.3) is 0 Å². The lowest BCUT2D eigenvalue weighted by molar-refractivity contribution is 0.444. The number of nitrogens with one attached hydrogen (secondary N) is 1. The third kappa shape index (κ3) is 3.42. The van der Waals surface area contributed by atoms with Gasteiger partial charge in [0.05, 0.1) is 0 Å². The van der Waals surface area contributed by atoms with Crippen molar-refractivity contribution in [3.05, 3.63) is 35.4 Å². The number of thiocarbonyl (C=S) groups is 1. The molecular weight excluding hydrogens is 272 g/mol. The highest BCUT2D eigenvalue weighted by Gasteiger charge is 2.29. The van der Waals surface area contributed by atoms with Crippen molar-refractivity contribution in [3.8, 4) is 0 Å². The highest BCUT2D eigenvalue weighted by Crippen LogP contribution is 2.39. The second kappa shape index (κ2) is 7.15. The fraction of sp³-hybridized carbons (Fsp3) is 0.533. The Balaban J connectivity index is 2.22. The van der Waals surface area contributed by atoms with Crippen LogP contribution in [0.5, 0.6) is 0 Å². The van der Waals surface area contributed by atoms with Crippen LogP contribution >= 0.6 is 24.0 Å². The van der Waals surface area contributed by atoms with Crippen molar-refractivity contribution in [2.24, 2.45) is 0 Å². The van der Waals surface area contributed by atoms with Gasteiger partial charge in [-0.15, -0.1) is 11.8 Å². The summed E-state index contributed by atoms with van der Waals surface area (Å²) in [6.45, 7) is 3.28. The summed E-state index contributed by atoms with van der Waals surface area (Å²) in [5, 5.41) is 4.36. The van der Waals surface area contributed by atoms with Gasteiger partial charge in [0.1, 0.15) is 5.37 Å². The molecule has 1 aliphatic heterocycles. The predicted molar refractivity (Wildman–Crippen MR) is 88.6 cm³/mol. The topological polar surface area (TPSA) is 15.3 Å². The van der Waals surface area contributed by atoms with Gasteiger partial charge in [-0.05, 0) is 36.2 Å². The molecule has 1 heterocycles. The average Bonchev–Trinajstić information content (AvgIpc) is 2.93. The van der Waals surface area contributed by atoms with Crippen molar-refractivity contribution in [2.45, 2.75) is 31.6 Å². The summed E-state index contributed by atoms with van der Waals surface area (Å²) in [5.74, 6) is 1.15. The number of hydrogen-bond acceptors (Lipinski definition) is 2. The minimum absolute atomic E-state index is 0.382. The number of nitrogens with zero attached hydrogens (tertiary/aromatic N) is 1. The molecule has 0 aromatic heterocycles. The number of rotatable bonds is 4. The van der Waals surface area contributed by atoms with Crippen LogP contribution in [0.4, 0.5) is 0 Å². The molecule has 0 saturated carbocycles. The van der Waals surface area contributed by atoms with E-state index < -0.39 is 0 Å². The highest BCUT2D eigenvalue weighted by atomic mass is 32.2. The van der Waals surface area contributed by atoms with E-state index >= 15 is 0 Å². The molecule has 0 aliphatic carbocycles. The van der Waals surface area contributed by atoms with Crippen LogP contribution in [0.2, 0.25) is 0 Å². The van der Waals surface area contributed by atoms with Crippen molar-refractivity contribution < 1.29 is 0 Å². The molecule has 19 heavy (non-hydrogen) atoms. The van der Waals surface area contributed by atoms with E-state index in [9.17, 15) is 0 Å². The average molecular weight is 294 g/mol. The Bertz CT molecular complexity index is 434. The Hall–Kier alpha value is -0.740. The Morgan fingerprint density at radius 3 is 3.00 bits per heavy atom. The molecule has 1 fully saturated rings. The molecule has 104 valence electrons. The molecule has 1 aliphatic rings. The van der Waals surface area contributed by atoms with Crippen LogP contribution in [0.1, 0.15) is 36.3 Å². The molecule has 2 nitrogen and oxygen atoms in total. The first-order valence-corrected chi connectivity index (χ1v) is 8.41. The van der Waals surface area contributed by atoms with Gasteiger partial charge in [-0.25, -0.2) is 0 Å². The van der Waals surface area contributed by atoms with Crippen LogP contribution in [0.15, 0.2) is 24.3 Å². The Morgan fingerprint density at radius 2 is 2.26 bits per heavy atom. The fourth-order valence-electron chi connectivity index (χ4n) is 2.45. The normalized spacial score (nSPS) is 18.6. The minimum Gasteiger partial charge on any atom is -0.366 e. The van der Waals surface area contributed by atoms with Gasteiger partial charge in [0.25, 0.3) is 0 Å². The number of hydrogen-bond donors (Lipinski definition) is 1. The Labute approximate surface area is 126 Å². The zero-order valence-corrected chi connectivity index (χ0v) is 13.3. The Morgan fingerprint density at radius 1 is 1.47 bits per heavy atom. The maximum absolute atomic E-state index is 5.42. The molecule has 1 N–H and O–H groups in total. The lowest BCUT2D eigenvalue weighted by atomic mass is 10.0. The second-order valence-corrected chi connectivity index (χ2v) is 6.35. The Kier molecular flexibility index (Phi) is 5.52. The first kappa shape index (κ1) is 14.7. The summed E-state index contributed by atoms with van der Waals surface area (Å²) >= 11 is 7.42. The lowest BCUT2D eigenvalue weighted by Crippen LogP contribution is -2.37. The van der Waals surface area contributed by atoms with E-state index in [2.05, 4.69) is 41.4 Å². The van der Waals surface area contributed by atoms with Crippen molar-refractivity contribution >= 4 is 29.1 Å². The maximum atomic E-state index is 5.42. The lowest BCUT2D eigenvalue weighted by Gasteiger charge is -2.27. The first-order valence-electron chi connectivity index (χ1n) is 6.95. The van der Waals surface area contributed by atoms with Crippen LogP contribution in [0, 0.1) is 0 Å². The fourth-order valence-corrected chi connectivity index (χ4v) is 4.04. The highest BCUT2D eigenvalue weighted by molar-refractivity contribution is 7.99. The summed E-state index contributed by atoms with van der Waals surface area (Å²) in [6.07, 6.45) is 3.67. The molecule has 0 bridgehead atoms. The van der Waals surface area contributed by atoms with Crippen LogP contribution in [-0.2, 0) is 6.42 Å². The van der Waals surface area contributed by atoms with E-state index in [1.165, 1.54) is 30.4 Å². The number of aryl methyl sites for hydroxylation is 1. The third-order valence-corrected chi connectivity index (χ3v) is 5.17. The van der Waals surface area contributed by atoms with Crippen LogP contribution in [-0.4, -0.2) is 29.4 Å². The van der Waals surface area contributed by atoms with E-state index in [1.54, 1.807) is 0 Å². The van der Waals surface area contributed by atoms with Gasteiger partial charge in [-0.1, -0.05) is 37.6 Å². The van der Waals surface area contributed by atoms with Gasteiger partial charge in [0.15, 0.2) is 5.11 Å². The smallest absolute Gasteiger partial charge is 0.169 e. The third-order valence-electron chi connectivity index (χ3n) is 3.49. The van der Waals surface area contributed by atoms with Crippen molar-refractivity contribution in [1.82, 2.24) is 10.2 Å². The zero-order chi connectivity index (χ0) is 13.7. The molecule has 4 heteroatoms. The summed E-state index contributed by atoms with van der Waals surface area (Å²) in [7, 11) is 1.91. The number of unbranched alkanes of at least 4 members (excludes halogenated alkanes) is 1. The van der Waals surface area contributed by atoms with Crippen LogP contribution in [0.3, 0.4) is 0 Å². The van der Waals surface area contributed by atoms with Gasteiger partial charge in [-0.2, -0.15) is 0 Å². The summed E-state index contributed by atoms with van der Waals surface area (Å²) in [6, 6.07) is 8.82. The first-order chi connectivity index (χ1) is 9.27. The quantitative estimate of drug-likeness (QED) is 0.853. The van der Waals surface area contributed by atoms with Gasteiger partial charge < -0.3 is 10.2 Å². The zero-order valence-electron chi connectivity index (χ0n) is 11.7. The van der Waals surface area contributed by atoms with Gasteiger partial charge in [0.2, 0.25) is 0 Å². The molecule has 1 unspecified atom stereocenters. The van der Waals surface area contributed by atoms with Gasteiger partial charge in [0, 0.05) is 19.3 Å². The van der Waals surface area contributed by atoms with Crippen LogP contribution < -0.4 is 5.32 Å². The van der Waals surface area contributed by atoms with E-state index in [0.29, 0.717) is 5.37 Å². The van der Waals surface area contributed by atoms with E-state index in [1.807, 2.05) is 18.8 Å². The minimum atomic E-state index is 0.382. The molecule has 1 aromatic rings. The van der Waals surface area contributed by atoms with Crippen molar-refractivity contribution in [3.63, 3.8) is 0 Å².